The Balaban J connectivity index is 1.84. The third-order valence-electron chi connectivity index (χ3n) is 4.59. The van der Waals surface area contributed by atoms with Gasteiger partial charge in [0.05, 0.1) is 0 Å². The lowest BCUT2D eigenvalue weighted by molar-refractivity contribution is 0.419. The van der Waals surface area contributed by atoms with Crippen LogP contribution in [0.4, 0.5) is 11.4 Å². The largest absolute Gasteiger partial charge is 0.399 e. The van der Waals surface area contributed by atoms with Gasteiger partial charge in [-0.25, -0.2) is 0 Å². The molecule has 0 aromatic heterocycles. The maximum absolute atomic E-state index is 6.09. The highest BCUT2D eigenvalue weighted by atomic mass is 14.6. The molecule has 0 bridgehead atoms. The first-order chi connectivity index (χ1) is 9.65. The summed E-state index contributed by atoms with van der Waals surface area (Å²) in [6, 6.07) is 14.9. The third kappa shape index (κ3) is 2.38. The van der Waals surface area contributed by atoms with E-state index in [4.69, 9.17) is 11.5 Å². The highest BCUT2D eigenvalue weighted by molar-refractivity contribution is 5.59. The van der Waals surface area contributed by atoms with E-state index in [2.05, 4.69) is 31.2 Å². The van der Waals surface area contributed by atoms with Gasteiger partial charge in [-0.15, -0.1) is 0 Å². The van der Waals surface area contributed by atoms with Crippen LogP contribution in [0.2, 0.25) is 0 Å². The smallest absolute Gasteiger partial charge is 0.0373 e. The number of anilines is 2. The maximum Gasteiger partial charge on any atom is 0.0373 e. The van der Waals surface area contributed by atoms with Gasteiger partial charge in [-0.1, -0.05) is 43.7 Å². The molecule has 0 amide bonds. The van der Waals surface area contributed by atoms with E-state index in [1.807, 2.05) is 18.2 Å². The summed E-state index contributed by atoms with van der Waals surface area (Å²) in [5, 5.41) is 0. The van der Waals surface area contributed by atoms with Crippen LogP contribution in [0.1, 0.15) is 54.7 Å². The Kier molecular flexibility index (Phi) is 3.39. The van der Waals surface area contributed by atoms with Crippen molar-refractivity contribution in [1.82, 2.24) is 0 Å². The van der Waals surface area contributed by atoms with Crippen LogP contribution < -0.4 is 11.5 Å². The molecule has 2 nitrogen and oxygen atoms in total. The Morgan fingerprint density at radius 1 is 1.00 bits per heavy atom. The molecule has 1 fully saturated rings. The Bertz CT molecular complexity index is 597. The summed E-state index contributed by atoms with van der Waals surface area (Å²) in [6.07, 6.45) is 4.07. The van der Waals surface area contributed by atoms with Crippen molar-refractivity contribution in [2.75, 3.05) is 11.5 Å². The fraction of sp³-hybridized carbons (Fsp3) is 0.333. The summed E-state index contributed by atoms with van der Waals surface area (Å²) in [4.78, 5) is 0. The van der Waals surface area contributed by atoms with Gasteiger partial charge in [-0.3, -0.25) is 0 Å². The van der Waals surface area contributed by atoms with Crippen LogP contribution in [0.15, 0.2) is 42.5 Å². The highest BCUT2D eigenvalue weighted by Gasteiger charge is 2.19. The minimum absolute atomic E-state index is 0.297. The molecule has 20 heavy (non-hydrogen) atoms. The number of benzene rings is 2. The Labute approximate surface area is 120 Å². The molecular weight excluding hydrogens is 244 g/mol. The fourth-order valence-corrected chi connectivity index (χ4v) is 2.97. The second-order valence-electron chi connectivity index (χ2n) is 5.90. The van der Waals surface area contributed by atoms with Crippen LogP contribution in [0.5, 0.6) is 0 Å². The topological polar surface area (TPSA) is 52.0 Å². The van der Waals surface area contributed by atoms with E-state index in [1.165, 1.54) is 30.4 Å². The molecule has 104 valence electrons. The van der Waals surface area contributed by atoms with E-state index in [1.54, 1.807) is 0 Å². The van der Waals surface area contributed by atoms with Crippen molar-refractivity contribution < 1.29 is 0 Å². The zero-order chi connectivity index (χ0) is 14.1. The molecule has 0 aliphatic heterocycles. The second-order valence-corrected chi connectivity index (χ2v) is 5.90. The quantitative estimate of drug-likeness (QED) is 0.815. The van der Waals surface area contributed by atoms with Crippen LogP contribution in [0.3, 0.4) is 0 Å². The van der Waals surface area contributed by atoms with Gasteiger partial charge in [0.1, 0.15) is 0 Å². The molecule has 2 heteroatoms. The maximum atomic E-state index is 6.09. The van der Waals surface area contributed by atoms with Gasteiger partial charge in [-0.05, 0) is 47.6 Å². The number of rotatable bonds is 3. The van der Waals surface area contributed by atoms with Crippen molar-refractivity contribution in [2.24, 2.45) is 0 Å². The first kappa shape index (κ1) is 13.0. The molecule has 0 radical (unpaired) electrons. The van der Waals surface area contributed by atoms with Gasteiger partial charge >= 0.3 is 0 Å². The first-order valence-corrected chi connectivity index (χ1v) is 7.40. The van der Waals surface area contributed by atoms with E-state index >= 15 is 0 Å². The van der Waals surface area contributed by atoms with Gasteiger partial charge in [-0.2, -0.15) is 0 Å². The first-order valence-electron chi connectivity index (χ1n) is 7.40. The van der Waals surface area contributed by atoms with Crippen LogP contribution >= 0.6 is 0 Å². The lowest BCUT2D eigenvalue weighted by Gasteiger charge is -2.26. The zero-order valence-corrected chi connectivity index (χ0v) is 12.0. The standard InChI is InChI=1S/C18H22N2/c1-12(17-10-9-16(19)11-18(17)20)13-5-7-15(8-6-13)14-3-2-4-14/h5-12,14H,2-4,19-20H2,1H3. The average molecular weight is 266 g/mol. The average Bonchev–Trinajstić information content (AvgIpc) is 2.37. The Hall–Kier alpha value is -1.96. The number of hydrogen-bond donors (Lipinski definition) is 2. The lowest BCUT2D eigenvalue weighted by atomic mass is 9.79. The van der Waals surface area contributed by atoms with Crippen LogP contribution in [0, 0.1) is 0 Å². The Morgan fingerprint density at radius 2 is 1.70 bits per heavy atom. The molecule has 1 aliphatic rings. The molecular formula is C18H22N2. The zero-order valence-electron chi connectivity index (χ0n) is 12.0. The lowest BCUT2D eigenvalue weighted by Crippen LogP contribution is -2.09. The van der Waals surface area contributed by atoms with E-state index in [9.17, 15) is 0 Å². The van der Waals surface area contributed by atoms with Crippen molar-refractivity contribution in [1.29, 1.82) is 0 Å². The molecule has 1 aliphatic carbocycles. The molecule has 4 N–H and O–H groups in total. The highest BCUT2D eigenvalue weighted by Crippen LogP contribution is 2.37. The van der Waals surface area contributed by atoms with E-state index < -0.39 is 0 Å². The normalized spacial score (nSPS) is 16.6. The molecule has 2 aromatic rings. The van der Waals surface area contributed by atoms with Gasteiger partial charge in [0.25, 0.3) is 0 Å². The van der Waals surface area contributed by atoms with Crippen LogP contribution in [-0.4, -0.2) is 0 Å². The molecule has 3 rings (SSSR count). The van der Waals surface area contributed by atoms with Gasteiger partial charge in [0.2, 0.25) is 0 Å². The molecule has 0 saturated heterocycles. The summed E-state index contributed by atoms with van der Waals surface area (Å²) >= 11 is 0. The van der Waals surface area contributed by atoms with Crippen molar-refractivity contribution in [3.63, 3.8) is 0 Å². The minimum atomic E-state index is 0.297. The summed E-state index contributed by atoms with van der Waals surface area (Å²) in [5.41, 5.74) is 17.3. The van der Waals surface area contributed by atoms with Crippen LogP contribution in [0.25, 0.3) is 0 Å². The summed E-state index contributed by atoms with van der Waals surface area (Å²) in [7, 11) is 0. The SMILES string of the molecule is CC(c1ccc(C2CCC2)cc1)c1ccc(N)cc1N. The number of nitrogens with two attached hydrogens (primary N) is 2. The molecule has 0 spiro atoms. The Morgan fingerprint density at radius 3 is 2.25 bits per heavy atom. The van der Waals surface area contributed by atoms with Crippen molar-refractivity contribution in [3.05, 3.63) is 59.2 Å². The molecule has 1 saturated carbocycles. The molecule has 1 atom stereocenters. The predicted octanol–water partition coefficient (Wildman–Crippen LogP) is 4.27. The number of nitrogen functional groups attached to an aromatic ring is 2. The van der Waals surface area contributed by atoms with E-state index in [-0.39, 0.29) is 0 Å². The summed E-state index contributed by atoms with van der Waals surface area (Å²) in [6.45, 7) is 2.19. The minimum Gasteiger partial charge on any atom is -0.399 e. The fourth-order valence-electron chi connectivity index (χ4n) is 2.97. The van der Waals surface area contributed by atoms with Gasteiger partial charge < -0.3 is 11.5 Å². The number of hydrogen-bond acceptors (Lipinski definition) is 2. The van der Waals surface area contributed by atoms with Crippen LogP contribution in [-0.2, 0) is 0 Å². The monoisotopic (exact) mass is 266 g/mol. The summed E-state index contributed by atoms with van der Waals surface area (Å²) < 4.78 is 0. The second kappa shape index (κ2) is 5.20. The summed E-state index contributed by atoms with van der Waals surface area (Å²) in [5.74, 6) is 1.09. The van der Waals surface area contributed by atoms with E-state index in [0.717, 1.165) is 22.9 Å². The van der Waals surface area contributed by atoms with Crippen molar-refractivity contribution in [2.45, 2.75) is 38.0 Å². The predicted molar refractivity (Wildman–Crippen MR) is 85.8 cm³/mol. The molecule has 2 aromatic carbocycles. The van der Waals surface area contributed by atoms with E-state index in [0.29, 0.717) is 5.92 Å². The van der Waals surface area contributed by atoms with Crippen molar-refractivity contribution >= 4 is 11.4 Å². The van der Waals surface area contributed by atoms with Gasteiger partial charge in [0, 0.05) is 17.3 Å². The third-order valence-corrected chi connectivity index (χ3v) is 4.59. The van der Waals surface area contributed by atoms with Gasteiger partial charge in [0.15, 0.2) is 0 Å². The molecule has 0 heterocycles. The molecule has 1 unspecified atom stereocenters. The van der Waals surface area contributed by atoms with Crippen molar-refractivity contribution in [3.8, 4) is 0 Å².